The van der Waals surface area contributed by atoms with Gasteiger partial charge in [0.1, 0.15) is 0 Å². The van der Waals surface area contributed by atoms with E-state index in [0.29, 0.717) is 6.10 Å². The molecule has 0 amide bonds. The number of hydrogen-bond donors (Lipinski definition) is 0. The third-order valence-electron chi connectivity index (χ3n) is 4.09. The Bertz CT molecular complexity index is 230. The van der Waals surface area contributed by atoms with Crippen molar-refractivity contribution in [3.8, 4) is 0 Å². The van der Waals surface area contributed by atoms with Crippen molar-refractivity contribution >= 4 is 8.56 Å². The van der Waals surface area contributed by atoms with Gasteiger partial charge in [0.25, 0.3) is 0 Å². The first kappa shape index (κ1) is 11.6. The van der Waals surface area contributed by atoms with Gasteiger partial charge < -0.3 is 13.6 Å². The molecule has 0 bridgehead atoms. The van der Waals surface area contributed by atoms with Gasteiger partial charge in [-0.1, -0.05) is 12.8 Å². The average molecular weight is 230 g/mol. The highest BCUT2D eigenvalue weighted by Gasteiger charge is 2.57. The van der Waals surface area contributed by atoms with Gasteiger partial charge in [0.2, 0.25) is 0 Å². The van der Waals surface area contributed by atoms with E-state index in [9.17, 15) is 0 Å². The molecule has 2 atom stereocenters. The van der Waals surface area contributed by atoms with Crippen molar-refractivity contribution in [1.29, 1.82) is 0 Å². The molecular weight excluding hydrogens is 208 g/mol. The minimum absolute atomic E-state index is 0.226. The summed E-state index contributed by atoms with van der Waals surface area (Å²) in [7, 11) is 1.65. The molecule has 1 saturated carbocycles. The minimum atomic E-state index is -1.88. The van der Waals surface area contributed by atoms with Gasteiger partial charge in [0.05, 0.1) is 11.7 Å². The Balaban J connectivity index is 1.83. The molecule has 3 nitrogen and oxygen atoms in total. The first-order valence-corrected chi connectivity index (χ1v) is 8.45. The molecule has 2 fully saturated rings. The van der Waals surface area contributed by atoms with E-state index in [-0.39, 0.29) is 5.60 Å². The maximum absolute atomic E-state index is 5.86. The normalized spacial score (nSPS) is 35.0. The van der Waals surface area contributed by atoms with Crippen LogP contribution in [0.3, 0.4) is 0 Å². The van der Waals surface area contributed by atoms with Crippen LogP contribution in [0.5, 0.6) is 0 Å². The molecule has 4 heteroatoms. The largest absolute Gasteiger partial charge is 0.398 e. The zero-order chi connectivity index (χ0) is 10.9. The van der Waals surface area contributed by atoms with E-state index in [4.69, 9.17) is 13.6 Å². The van der Waals surface area contributed by atoms with E-state index in [2.05, 4.69) is 6.55 Å². The number of ether oxygens (including phenoxy) is 1. The monoisotopic (exact) mass is 230 g/mol. The fourth-order valence-electron chi connectivity index (χ4n) is 2.62. The molecule has 2 rings (SSSR count). The number of epoxide rings is 1. The van der Waals surface area contributed by atoms with Crippen molar-refractivity contribution in [2.75, 3.05) is 14.2 Å². The Hall–Kier alpha value is 0.0969. The summed E-state index contributed by atoms with van der Waals surface area (Å²) in [4.78, 5) is 0. The topological polar surface area (TPSA) is 31.0 Å². The molecule has 1 saturated heterocycles. The van der Waals surface area contributed by atoms with Crippen LogP contribution >= 0.6 is 0 Å². The highest BCUT2D eigenvalue weighted by molar-refractivity contribution is 6.65. The molecule has 1 aliphatic heterocycles. The molecule has 0 aromatic heterocycles. The third kappa shape index (κ3) is 2.28. The summed E-state index contributed by atoms with van der Waals surface area (Å²) in [5, 5.41) is 0. The first-order valence-electron chi connectivity index (χ1n) is 5.92. The second kappa shape index (κ2) is 4.16. The molecule has 1 aliphatic carbocycles. The standard InChI is InChI=1S/C11H22O3Si/c1-12-15(3,13-2)9-8-11-7-5-4-6-10(11)14-11/h10H,4-9H2,1-3H3. The van der Waals surface area contributed by atoms with E-state index in [1.165, 1.54) is 25.7 Å². The molecule has 2 aliphatic rings. The lowest BCUT2D eigenvalue weighted by Crippen LogP contribution is -2.37. The molecule has 0 radical (unpaired) electrons. The molecule has 0 spiro atoms. The Morgan fingerprint density at radius 2 is 2.07 bits per heavy atom. The fourth-order valence-corrected chi connectivity index (χ4v) is 4.07. The Labute approximate surface area is 93.3 Å². The van der Waals surface area contributed by atoms with Crippen LogP contribution in [0.15, 0.2) is 0 Å². The van der Waals surface area contributed by atoms with Gasteiger partial charge in [0, 0.05) is 14.2 Å². The highest BCUT2D eigenvalue weighted by Crippen LogP contribution is 2.51. The van der Waals surface area contributed by atoms with Crippen LogP contribution in [0.2, 0.25) is 12.6 Å². The first-order chi connectivity index (χ1) is 7.14. The van der Waals surface area contributed by atoms with Crippen LogP contribution in [0.4, 0.5) is 0 Å². The van der Waals surface area contributed by atoms with Gasteiger partial charge in [0.15, 0.2) is 0 Å². The van der Waals surface area contributed by atoms with E-state index in [1.54, 1.807) is 14.2 Å². The van der Waals surface area contributed by atoms with Crippen LogP contribution in [-0.4, -0.2) is 34.5 Å². The highest BCUT2D eigenvalue weighted by atomic mass is 28.4. The molecule has 0 aromatic rings. The summed E-state index contributed by atoms with van der Waals surface area (Å²) in [6.07, 6.45) is 6.86. The number of rotatable bonds is 5. The van der Waals surface area contributed by atoms with Crippen molar-refractivity contribution in [2.45, 2.75) is 56.4 Å². The quantitative estimate of drug-likeness (QED) is 0.537. The Kier molecular flexibility index (Phi) is 3.21. The van der Waals surface area contributed by atoms with Crippen molar-refractivity contribution in [3.05, 3.63) is 0 Å². The second-order valence-corrected chi connectivity index (χ2v) is 8.54. The molecular formula is C11H22O3Si. The molecule has 1 heterocycles. The van der Waals surface area contributed by atoms with E-state index in [1.807, 2.05) is 0 Å². The van der Waals surface area contributed by atoms with Crippen LogP contribution in [-0.2, 0) is 13.6 Å². The van der Waals surface area contributed by atoms with E-state index >= 15 is 0 Å². The van der Waals surface area contributed by atoms with Crippen molar-refractivity contribution < 1.29 is 13.6 Å². The van der Waals surface area contributed by atoms with Gasteiger partial charge in [-0.3, -0.25) is 0 Å². The van der Waals surface area contributed by atoms with Crippen molar-refractivity contribution in [1.82, 2.24) is 0 Å². The van der Waals surface area contributed by atoms with Crippen molar-refractivity contribution in [2.24, 2.45) is 0 Å². The summed E-state index contributed by atoms with van der Waals surface area (Å²) in [5.74, 6) is 0. The molecule has 88 valence electrons. The summed E-state index contributed by atoms with van der Waals surface area (Å²) in [6, 6.07) is 1.05. The summed E-state index contributed by atoms with van der Waals surface area (Å²) in [6.45, 7) is 2.13. The molecule has 0 aromatic carbocycles. The third-order valence-corrected chi connectivity index (χ3v) is 6.97. The van der Waals surface area contributed by atoms with E-state index < -0.39 is 8.56 Å². The maximum atomic E-state index is 5.86. The lowest BCUT2D eigenvalue weighted by molar-refractivity contribution is 0.232. The van der Waals surface area contributed by atoms with Gasteiger partial charge in [-0.25, -0.2) is 0 Å². The molecule has 2 unspecified atom stereocenters. The second-order valence-electron chi connectivity index (χ2n) is 4.96. The Morgan fingerprint density at radius 3 is 2.67 bits per heavy atom. The average Bonchev–Trinajstić information content (AvgIpc) is 3.01. The smallest absolute Gasteiger partial charge is 0.334 e. The minimum Gasteiger partial charge on any atom is -0.398 e. The number of fused-ring (bicyclic) bond motifs is 1. The zero-order valence-corrected chi connectivity index (χ0v) is 11.0. The van der Waals surface area contributed by atoms with Crippen LogP contribution in [0.1, 0.15) is 32.1 Å². The maximum Gasteiger partial charge on any atom is 0.334 e. The summed E-state index contributed by atoms with van der Waals surface area (Å²) in [5.41, 5.74) is 0.226. The Morgan fingerprint density at radius 1 is 1.33 bits per heavy atom. The number of hydrogen-bond acceptors (Lipinski definition) is 3. The molecule has 0 N–H and O–H groups in total. The lowest BCUT2D eigenvalue weighted by atomic mass is 9.87. The van der Waals surface area contributed by atoms with Gasteiger partial charge in [-0.2, -0.15) is 0 Å². The summed E-state index contributed by atoms with van der Waals surface area (Å²) >= 11 is 0. The zero-order valence-electron chi connectivity index (χ0n) is 10.0. The van der Waals surface area contributed by atoms with Gasteiger partial charge in [-0.05, 0) is 31.9 Å². The fraction of sp³-hybridized carbons (Fsp3) is 1.00. The van der Waals surface area contributed by atoms with Crippen LogP contribution in [0, 0.1) is 0 Å². The summed E-state index contributed by atoms with van der Waals surface area (Å²) < 4.78 is 16.9. The van der Waals surface area contributed by atoms with Crippen molar-refractivity contribution in [3.63, 3.8) is 0 Å². The predicted octanol–water partition coefficient (Wildman–Crippen LogP) is 2.45. The lowest BCUT2D eigenvalue weighted by Gasteiger charge is -2.25. The SMILES string of the molecule is CO[Si](C)(CCC12CCCCC1O2)OC. The van der Waals surface area contributed by atoms with Gasteiger partial charge >= 0.3 is 8.56 Å². The van der Waals surface area contributed by atoms with Gasteiger partial charge in [-0.15, -0.1) is 0 Å². The molecule has 15 heavy (non-hydrogen) atoms. The van der Waals surface area contributed by atoms with E-state index in [0.717, 1.165) is 12.5 Å². The van der Waals surface area contributed by atoms with Crippen LogP contribution < -0.4 is 0 Å². The predicted molar refractivity (Wildman–Crippen MR) is 61.1 cm³/mol. The van der Waals surface area contributed by atoms with Crippen LogP contribution in [0.25, 0.3) is 0 Å².